The van der Waals surface area contributed by atoms with E-state index in [-0.39, 0.29) is 0 Å². The summed E-state index contributed by atoms with van der Waals surface area (Å²) < 4.78 is 2.03. The van der Waals surface area contributed by atoms with E-state index in [2.05, 4.69) is 30.0 Å². The van der Waals surface area contributed by atoms with E-state index >= 15 is 0 Å². The average Bonchev–Trinajstić information content (AvgIpc) is 2.79. The first-order valence-electron chi connectivity index (χ1n) is 6.64. The molecule has 0 aliphatic carbocycles. The third-order valence-corrected chi connectivity index (χ3v) is 3.63. The van der Waals surface area contributed by atoms with Crippen LogP contribution in [0.3, 0.4) is 0 Å². The van der Waals surface area contributed by atoms with E-state index in [9.17, 15) is 0 Å². The van der Waals surface area contributed by atoms with Crippen molar-refractivity contribution in [3.8, 4) is 0 Å². The highest BCUT2D eigenvalue weighted by Crippen LogP contribution is 2.18. The fraction of sp³-hybridized carbons (Fsp3) is 0.769. The van der Waals surface area contributed by atoms with Crippen molar-refractivity contribution in [3.63, 3.8) is 0 Å². The Morgan fingerprint density at radius 1 is 1.41 bits per heavy atom. The number of hydrogen-bond acceptors (Lipinski definition) is 3. The Morgan fingerprint density at radius 3 is 2.65 bits per heavy atom. The highest BCUT2D eigenvalue weighted by Gasteiger charge is 2.18. The summed E-state index contributed by atoms with van der Waals surface area (Å²) >= 11 is 0. The third-order valence-electron chi connectivity index (χ3n) is 3.63. The number of aromatic nitrogens is 2. The molecule has 2 N–H and O–H groups in total. The number of likely N-dealkylation sites (tertiary alicyclic amines) is 1. The predicted molar refractivity (Wildman–Crippen MR) is 69.7 cm³/mol. The Bertz CT molecular complexity index is 337. The lowest BCUT2D eigenvalue weighted by Crippen LogP contribution is -2.35. The number of rotatable bonds is 4. The quantitative estimate of drug-likeness (QED) is 0.864. The molecular weight excluding hydrogens is 212 g/mol. The molecule has 1 aliphatic heterocycles. The van der Waals surface area contributed by atoms with Gasteiger partial charge in [-0.05, 0) is 52.2 Å². The molecule has 0 spiro atoms. The van der Waals surface area contributed by atoms with Gasteiger partial charge in [0.1, 0.15) is 0 Å². The van der Waals surface area contributed by atoms with Crippen molar-refractivity contribution in [1.29, 1.82) is 0 Å². The van der Waals surface area contributed by atoms with Crippen molar-refractivity contribution < 1.29 is 0 Å². The van der Waals surface area contributed by atoms with Crippen LogP contribution in [0.4, 0.5) is 0 Å². The minimum Gasteiger partial charge on any atom is -0.330 e. The van der Waals surface area contributed by atoms with Gasteiger partial charge in [0.15, 0.2) is 0 Å². The molecule has 96 valence electrons. The minimum absolute atomic E-state index is 0.451. The molecule has 1 aromatic rings. The molecule has 0 radical (unpaired) electrons. The van der Waals surface area contributed by atoms with E-state index in [1.165, 1.54) is 31.5 Å². The Kier molecular flexibility index (Phi) is 4.18. The van der Waals surface area contributed by atoms with E-state index in [1.54, 1.807) is 0 Å². The van der Waals surface area contributed by atoms with Gasteiger partial charge < -0.3 is 5.73 Å². The lowest BCUT2D eigenvalue weighted by molar-refractivity contribution is 0.180. The number of nitrogens with zero attached hydrogens (tertiary/aromatic N) is 3. The van der Waals surface area contributed by atoms with Crippen molar-refractivity contribution in [2.45, 2.75) is 39.3 Å². The van der Waals surface area contributed by atoms with E-state index in [1.807, 2.05) is 10.9 Å². The molecule has 1 aliphatic rings. The summed E-state index contributed by atoms with van der Waals surface area (Å²) in [6.45, 7) is 8.54. The maximum atomic E-state index is 5.71. The zero-order chi connectivity index (χ0) is 12.3. The highest BCUT2D eigenvalue weighted by molar-refractivity contribution is 5.04. The second-order valence-corrected chi connectivity index (χ2v) is 5.38. The van der Waals surface area contributed by atoms with E-state index in [0.29, 0.717) is 6.04 Å². The molecule has 0 amide bonds. The molecule has 2 heterocycles. The summed E-state index contributed by atoms with van der Waals surface area (Å²) in [5.74, 6) is 0.740. The second-order valence-electron chi connectivity index (χ2n) is 5.38. The van der Waals surface area contributed by atoms with E-state index in [0.717, 1.165) is 19.0 Å². The van der Waals surface area contributed by atoms with Crippen LogP contribution in [0.1, 0.15) is 38.3 Å². The van der Waals surface area contributed by atoms with Crippen LogP contribution in [0.5, 0.6) is 0 Å². The second kappa shape index (κ2) is 5.65. The number of hydrogen-bond donors (Lipinski definition) is 1. The summed E-state index contributed by atoms with van der Waals surface area (Å²) in [5.41, 5.74) is 7.03. The monoisotopic (exact) mass is 236 g/mol. The summed E-state index contributed by atoms with van der Waals surface area (Å²) in [7, 11) is 0. The molecule has 0 atom stereocenters. The van der Waals surface area contributed by atoms with Gasteiger partial charge in [0, 0.05) is 24.3 Å². The average molecular weight is 236 g/mol. The molecule has 4 heteroatoms. The van der Waals surface area contributed by atoms with Crippen molar-refractivity contribution >= 4 is 0 Å². The van der Waals surface area contributed by atoms with Crippen LogP contribution in [-0.4, -0.2) is 34.3 Å². The third kappa shape index (κ3) is 3.30. The Hall–Kier alpha value is -0.870. The lowest BCUT2D eigenvalue weighted by Gasteiger charge is -2.30. The molecule has 4 nitrogen and oxygen atoms in total. The molecule has 1 fully saturated rings. The van der Waals surface area contributed by atoms with Gasteiger partial charge in [0.25, 0.3) is 0 Å². The maximum Gasteiger partial charge on any atom is 0.0534 e. The van der Waals surface area contributed by atoms with E-state index in [4.69, 9.17) is 5.73 Å². The highest BCUT2D eigenvalue weighted by atomic mass is 15.3. The fourth-order valence-electron chi connectivity index (χ4n) is 2.38. The molecule has 0 saturated carbocycles. The summed E-state index contributed by atoms with van der Waals surface area (Å²) in [4.78, 5) is 2.51. The van der Waals surface area contributed by atoms with Crippen LogP contribution in [0.25, 0.3) is 0 Å². The normalized spacial score (nSPS) is 19.1. The topological polar surface area (TPSA) is 47.1 Å². The largest absolute Gasteiger partial charge is 0.330 e. The smallest absolute Gasteiger partial charge is 0.0534 e. The van der Waals surface area contributed by atoms with Gasteiger partial charge >= 0.3 is 0 Å². The Morgan fingerprint density at radius 2 is 2.12 bits per heavy atom. The SMILES string of the molecule is CC(C)n1cc(CN2CCC(CN)CC2)cn1. The lowest BCUT2D eigenvalue weighted by atomic mass is 9.97. The summed E-state index contributed by atoms with van der Waals surface area (Å²) in [6, 6.07) is 0.451. The van der Waals surface area contributed by atoms with Crippen LogP contribution in [-0.2, 0) is 6.54 Å². The molecule has 2 rings (SSSR count). The molecule has 1 aromatic heterocycles. The van der Waals surface area contributed by atoms with Crippen LogP contribution in [0.2, 0.25) is 0 Å². The zero-order valence-corrected chi connectivity index (χ0v) is 11.0. The Labute approximate surface area is 104 Å². The molecule has 1 saturated heterocycles. The van der Waals surface area contributed by atoms with Crippen molar-refractivity contribution in [3.05, 3.63) is 18.0 Å². The standard InChI is InChI=1S/C13H24N4/c1-11(2)17-10-13(8-15-17)9-16-5-3-12(7-14)4-6-16/h8,10-12H,3-7,9,14H2,1-2H3. The summed E-state index contributed by atoms with van der Waals surface area (Å²) in [6.07, 6.45) is 6.65. The Balaban J connectivity index is 1.84. The molecule has 0 unspecified atom stereocenters. The van der Waals surface area contributed by atoms with Crippen LogP contribution in [0.15, 0.2) is 12.4 Å². The van der Waals surface area contributed by atoms with E-state index < -0.39 is 0 Å². The summed E-state index contributed by atoms with van der Waals surface area (Å²) in [5, 5.41) is 4.38. The predicted octanol–water partition coefficient (Wildman–Crippen LogP) is 1.63. The first-order chi connectivity index (χ1) is 8.19. The molecule has 17 heavy (non-hydrogen) atoms. The van der Waals surface area contributed by atoms with Crippen LogP contribution < -0.4 is 5.73 Å². The van der Waals surface area contributed by atoms with Gasteiger partial charge in [-0.1, -0.05) is 0 Å². The van der Waals surface area contributed by atoms with Gasteiger partial charge in [-0.25, -0.2) is 0 Å². The van der Waals surface area contributed by atoms with Crippen molar-refractivity contribution in [1.82, 2.24) is 14.7 Å². The first-order valence-corrected chi connectivity index (χ1v) is 6.64. The van der Waals surface area contributed by atoms with Gasteiger partial charge in [-0.3, -0.25) is 9.58 Å². The van der Waals surface area contributed by atoms with Gasteiger partial charge in [-0.15, -0.1) is 0 Å². The maximum absolute atomic E-state index is 5.71. The fourth-order valence-corrected chi connectivity index (χ4v) is 2.38. The zero-order valence-electron chi connectivity index (χ0n) is 11.0. The van der Waals surface area contributed by atoms with Gasteiger partial charge in [0.05, 0.1) is 6.20 Å². The van der Waals surface area contributed by atoms with Crippen molar-refractivity contribution in [2.24, 2.45) is 11.7 Å². The molecular formula is C13H24N4. The molecule has 0 bridgehead atoms. The first kappa shape index (κ1) is 12.6. The number of piperidine rings is 1. The number of nitrogens with two attached hydrogens (primary N) is 1. The van der Waals surface area contributed by atoms with Crippen molar-refractivity contribution in [2.75, 3.05) is 19.6 Å². The van der Waals surface area contributed by atoms with Gasteiger partial charge in [0.2, 0.25) is 0 Å². The van der Waals surface area contributed by atoms with Crippen LogP contribution >= 0.6 is 0 Å². The van der Waals surface area contributed by atoms with Crippen LogP contribution in [0, 0.1) is 5.92 Å². The minimum atomic E-state index is 0.451. The van der Waals surface area contributed by atoms with Gasteiger partial charge in [-0.2, -0.15) is 5.10 Å². The molecule has 0 aromatic carbocycles.